The van der Waals surface area contributed by atoms with Crippen LogP contribution < -0.4 is 5.32 Å². The van der Waals surface area contributed by atoms with Gasteiger partial charge in [-0.25, -0.2) is 0 Å². The van der Waals surface area contributed by atoms with Crippen LogP contribution in [0.25, 0.3) is 0 Å². The van der Waals surface area contributed by atoms with Crippen molar-refractivity contribution in [2.45, 2.75) is 25.8 Å². The SMILES string of the molecule is CCC(C)(CO)NC(=O)c1cccc([N+](=O)[O-])c1Br. The molecule has 7 heteroatoms. The number of carbonyl (C=O) groups is 1. The lowest BCUT2D eigenvalue weighted by Gasteiger charge is -2.27. The third-order valence-corrected chi connectivity index (χ3v) is 3.80. The quantitative estimate of drug-likeness (QED) is 0.639. The Bertz CT molecular complexity index is 501. The highest BCUT2D eigenvalue weighted by Crippen LogP contribution is 2.28. The van der Waals surface area contributed by atoms with Crippen molar-refractivity contribution < 1.29 is 14.8 Å². The first kappa shape index (κ1) is 15.6. The summed E-state index contributed by atoms with van der Waals surface area (Å²) in [5, 5.41) is 22.7. The van der Waals surface area contributed by atoms with Crippen LogP contribution in [0.4, 0.5) is 5.69 Å². The van der Waals surface area contributed by atoms with E-state index in [4.69, 9.17) is 0 Å². The van der Waals surface area contributed by atoms with Gasteiger partial charge in [0.2, 0.25) is 0 Å². The van der Waals surface area contributed by atoms with Gasteiger partial charge in [-0.1, -0.05) is 13.0 Å². The van der Waals surface area contributed by atoms with E-state index >= 15 is 0 Å². The van der Waals surface area contributed by atoms with Crippen molar-refractivity contribution in [2.24, 2.45) is 0 Å². The molecule has 1 amide bonds. The van der Waals surface area contributed by atoms with Crippen LogP contribution in [0.5, 0.6) is 0 Å². The van der Waals surface area contributed by atoms with Gasteiger partial charge in [0, 0.05) is 6.07 Å². The van der Waals surface area contributed by atoms with Crippen molar-refractivity contribution in [1.82, 2.24) is 5.32 Å². The predicted molar refractivity (Wildman–Crippen MR) is 74.0 cm³/mol. The van der Waals surface area contributed by atoms with E-state index in [1.54, 1.807) is 6.92 Å². The molecule has 0 saturated heterocycles. The van der Waals surface area contributed by atoms with Crippen LogP contribution in [0.1, 0.15) is 30.6 Å². The number of hydrogen-bond acceptors (Lipinski definition) is 4. The van der Waals surface area contributed by atoms with E-state index < -0.39 is 16.4 Å². The van der Waals surface area contributed by atoms with Crippen LogP contribution >= 0.6 is 15.9 Å². The molecular formula is C12H15BrN2O4. The lowest BCUT2D eigenvalue weighted by Crippen LogP contribution is -2.48. The molecule has 0 heterocycles. The van der Waals surface area contributed by atoms with Crippen LogP contribution in [0.2, 0.25) is 0 Å². The maximum absolute atomic E-state index is 12.1. The van der Waals surface area contributed by atoms with Crippen LogP contribution in [0.15, 0.2) is 22.7 Å². The van der Waals surface area contributed by atoms with Crippen molar-refractivity contribution in [1.29, 1.82) is 0 Å². The third kappa shape index (κ3) is 3.51. The van der Waals surface area contributed by atoms with Gasteiger partial charge in [0.1, 0.15) is 4.47 Å². The number of aliphatic hydroxyl groups excluding tert-OH is 1. The maximum atomic E-state index is 12.1. The summed E-state index contributed by atoms with van der Waals surface area (Å²) in [7, 11) is 0. The van der Waals surface area contributed by atoms with Crippen LogP contribution in [-0.4, -0.2) is 28.1 Å². The van der Waals surface area contributed by atoms with Gasteiger partial charge < -0.3 is 10.4 Å². The van der Waals surface area contributed by atoms with Gasteiger partial charge in [-0.05, 0) is 35.3 Å². The molecule has 2 N–H and O–H groups in total. The normalized spacial score (nSPS) is 13.7. The Kier molecular flexibility index (Phi) is 5.02. The van der Waals surface area contributed by atoms with Crippen molar-refractivity contribution in [2.75, 3.05) is 6.61 Å². The third-order valence-electron chi connectivity index (χ3n) is 2.96. The minimum Gasteiger partial charge on any atom is -0.394 e. The summed E-state index contributed by atoms with van der Waals surface area (Å²) < 4.78 is 0.133. The fourth-order valence-corrected chi connectivity index (χ4v) is 2.01. The first-order chi connectivity index (χ1) is 8.84. The molecule has 1 aromatic rings. The lowest BCUT2D eigenvalue weighted by molar-refractivity contribution is -0.385. The van der Waals surface area contributed by atoms with Crippen LogP contribution in [0, 0.1) is 10.1 Å². The molecule has 0 bridgehead atoms. The summed E-state index contributed by atoms with van der Waals surface area (Å²) in [5.41, 5.74) is -0.751. The van der Waals surface area contributed by atoms with E-state index in [0.717, 1.165) is 0 Å². The van der Waals surface area contributed by atoms with Crippen LogP contribution in [-0.2, 0) is 0 Å². The number of nitrogens with zero attached hydrogens (tertiary/aromatic N) is 1. The summed E-state index contributed by atoms with van der Waals surface area (Å²) in [5.74, 6) is -0.464. The molecule has 0 radical (unpaired) electrons. The number of hydrogen-bond donors (Lipinski definition) is 2. The summed E-state index contributed by atoms with van der Waals surface area (Å²) in [4.78, 5) is 22.3. The number of rotatable bonds is 5. The first-order valence-electron chi connectivity index (χ1n) is 5.71. The van der Waals surface area contributed by atoms with Gasteiger partial charge in [0.15, 0.2) is 0 Å². The number of nitro benzene ring substituents is 1. The average Bonchev–Trinajstić information content (AvgIpc) is 2.38. The monoisotopic (exact) mass is 330 g/mol. The Balaban J connectivity index is 3.08. The van der Waals surface area contributed by atoms with Crippen molar-refractivity contribution in [3.05, 3.63) is 38.3 Å². The fraction of sp³-hybridized carbons (Fsp3) is 0.417. The minimum atomic E-state index is -0.749. The molecule has 0 aliphatic carbocycles. The molecule has 0 aliphatic heterocycles. The maximum Gasteiger partial charge on any atom is 0.284 e. The van der Waals surface area contributed by atoms with Crippen LogP contribution in [0.3, 0.4) is 0 Å². The molecule has 1 aromatic carbocycles. The molecule has 1 unspecified atom stereocenters. The molecule has 104 valence electrons. The number of amides is 1. The van der Waals surface area contributed by atoms with Crippen molar-refractivity contribution >= 4 is 27.5 Å². The summed E-state index contributed by atoms with van der Waals surface area (Å²) in [6, 6.07) is 4.24. The molecule has 0 saturated carbocycles. The second-order valence-corrected chi connectivity index (χ2v) is 5.22. The van der Waals surface area contributed by atoms with Gasteiger partial charge >= 0.3 is 0 Å². The van der Waals surface area contributed by atoms with E-state index in [1.807, 2.05) is 6.92 Å². The molecule has 0 aliphatic rings. The molecule has 6 nitrogen and oxygen atoms in total. The van der Waals surface area contributed by atoms with Gasteiger partial charge in [-0.2, -0.15) is 0 Å². The lowest BCUT2D eigenvalue weighted by atomic mass is 9.99. The highest BCUT2D eigenvalue weighted by atomic mass is 79.9. The number of nitrogens with one attached hydrogen (secondary N) is 1. The van der Waals surface area contributed by atoms with Crippen molar-refractivity contribution in [3.8, 4) is 0 Å². The zero-order valence-corrected chi connectivity index (χ0v) is 12.2. The van der Waals surface area contributed by atoms with E-state index in [9.17, 15) is 20.0 Å². The highest BCUT2D eigenvalue weighted by Gasteiger charge is 2.26. The van der Waals surface area contributed by atoms with Crippen molar-refractivity contribution in [3.63, 3.8) is 0 Å². The number of nitro groups is 1. The smallest absolute Gasteiger partial charge is 0.284 e. The predicted octanol–water partition coefficient (Wildman–Crippen LogP) is 2.25. The Hall–Kier alpha value is -1.47. The molecule has 19 heavy (non-hydrogen) atoms. The topological polar surface area (TPSA) is 92.5 Å². The second kappa shape index (κ2) is 6.12. The molecule has 1 rings (SSSR count). The Morgan fingerprint density at radius 1 is 1.58 bits per heavy atom. The highest BCUT2D eigenvalue weighted by molar-refractivity contribution is 9.10. The number of aliphatic hydroxyl groups is 1. The molecule has 0 fully saturated rings. The molecule has 0 spiro atoms. The summed E-state index contributed by atoms with van der Waals surface area (Å²) in [6.07, 6.45) is 0.543. The van der Waals surface area contributed by atoms with Gasteiger partial charge in [-0.15, -0.1) is 0 Å². The Labute approximate surface area is 119 Å². The second-order valence-electron chi connectivity index (χ2n) is 4.42. The Morgan fingerprint density at radius 2 is 2.21 bits per heavy atom. The van der Waals surface area contributed by atoms with E-state index in [1.165, 1.54) is 18.2 Å². The van der Waals surface area contributed by atoms with Gasteiger partial charge in [0.05, 0.1) is 22.6 Å². The molecular weight excluding hydrogens is 316 g/mol. The number of benzene rings is 1. The first-order valence-corrected chi connectivity index (χ1v) is 6.50. The average molecular weight is 331 g/mol. The summed E-state index contributed by atoms with van der Waals surface area (Å²) >= 11 is 3.07. The van der Waals surface area contributed by atoms with E-state index in [-0.39, 0.29) is 22.3 Å². The van der Waals surface area contributed by atoms with E-state index in [2.05, 4.69) is 21.2 Å². The molecule has 0 aromatic heterocycles. The minimum absolute atomic E-state index is 0.133. The zero-order chi connectivity index (χ0) is 14.6. The van der Waals surface area contributed by atoms with Gasteiger partial charge in [-0.3, -0.25) is 14.9 Å². The number of halogens is 1. The zero-order valence-electron chi connectivity index (χ0n) is 10.6. The molecule has 1 atom stereocenters. The van der Waals surface area contributed by atoms with Gasteiger partial charge in [0.25, 0.3) is 11.6 Å². The largest absolute Gasteiger partial charge is 0.394 e. The fourth-order valence-electron chi connectivity index (χ4n) is 1.42. The van der Waals surface area contributed by atoms with E-state index in [0.29, 0.717) is 6.42 Å². The summed E-state index contributed by atoms with van der Waals surface area (Å²) in [6.45, 7) is 3.33. The standard InChI is InChI=1S/C12H15BrN2O4/c1-3-12(2,7-16)14-11(17)8-5-4-6-9(10(8)13)15(18)19/h4-6,16H,3,7H2,1-2H3,(H,14,17). The Morgan fingerprint density at radius 3 is 2.68 bits per heavy atom. The number of carbonyl (C=O) groups excluding carboxylic acids is 1.